The van der Waals surface area contributed by atoms with Gasteiger partial charge in [0.05, 0.1) is 0 Å². The van der Waals surface area contributed by atoms with Crippen molar-refractivity contribution in [3.05, 3.63) is 41.7 Å². The van der Waals surface area contributed by atoms with Crippen LogP contribution in [0.5, 0.6) is 5.88 Å². The van der Waals surface area contributed by atoms with E-state index in [4.69, 9.17) is 0 Å². The molecule has 0 aliphatic carbocycles. The van der Waals surface area contributed by atoms with Crippen molar-refractivity contribution in [3.8, 4) is 5.88 Å². The maximum atomic E-state index is 9.63. The Kier molecular flexibility index (Phi) is 3.08. The van der Waals surface area contributed by atoms with Crippen molar-refractivity contribution in [2.45, 2.75) is 17.7 Å². The minimum absolute atomic E-state index is 0.0120. The summed E-state index contributed by atoms with van der Waals surface area (Å²) in [6.07, 6.45) is 0. The van der Waals surface area contributed by atoms with E-state index in [1.165, 1.54) is 5.56 Å². The van der Waals surface area contributed by atoms with Gasteiger partial charge in [0.1, 0.15) is 16.4 Å². The number of thioether (sulfide) groups is 1. The highest BCUT2D eigenvalue weighted by Gasteiger charge is 2.13. The lowest BCUT2D eigenvalue weighted by atomic mass is 10.2. The van der Waals surface area contributed by atoms with Gasteiger partial charge in [-0.05, 0) is 12.5 Å². The molecule has 0 amide bonds. The molecule has 0 saturated heterocycles. The number of hydrogen-bond acceptors (Lipinski definition) is 5. The van der Waals surface area contributed by atoms with Crippen LogP contribution in [0.1, 0.15) is 11.4 Å². The van der Waals surface area contributed by atoms with Crippen molar-refractivity contribution < 1.29 is 5.11 Å². The molecule has 0 aliphatic rings. The number of fused-ring (bicyclic) bond motifs is 1. The van der Waals surface area contributed by atoms with Gasteiger partial charge >= 0.3 is 0 Å². The van der Waals surface area contributed by atoms with Crippen LogP contribution in [-0.4, -0.2) is 25.3 Å². The number of nitrogens with one attached hydrogen (secondary N) is 1. The Bertz CT molecular complexity index is 711. The number of aromatic amines is 1. The largest absolute Gasteiger partial charge is 0.492 e. The van der Waals surface area contributed by atoms with E-state index >= 15 is 0 Å². The summed E-state index contributed by atoms with van der Waals surface area (Å²) >= 11 is 1.59. The number of aromatic nitrogens is 4. The van der Waals surface area contributed by atoms with E-state index < -0.39 is 0 Å². The molecule has 6 heteroatoms. The Morgan fingerprint density at radius 1 is 1.16 bits per heavy atom. The lowest BCUT2D eigenvalue weighted by Gasteiger charge is -2.03. The molecule has 2 N–H and O–H groups in total. The highest BCUT2D eigenvalue weighted by Crippen LogP contribution is 2.29. The van der Waals surface area contributed by atoms with Gasteiger partial charge in [-0.15, -0.1) is 0 Å². The van der Waals surface area contributed by atoms with E-state index in [9.17, 15) is 5.11 Å². The van der Waals surface area contributed by atoms with Crippen LogP contribution in [-0.2, 0) is 5.75 Å². The Balaban J connectivity index is 1.92. The van der Waals surface area contributed by atoms with E-state index in [-0.39, 0.29) is 5.88 Å². The third kappa shape index (κ3) is 2.39. The van der Waals surface area contributed by atoms with Crippen LogP contribution in [0.25, 0.3) is 11.0 Å². The highest BCUT2D eigenvalue weighted by molar-refractivity contribution is 7.98. The normalized spacial score (nSPS) is 11.0. The first-order chi connectivity index (χ1) is 9.24. The zero-order valence-corrected chi connectivity index (χ0v) is 11.1. The molecule has 0 fully saturated rings. The van der Waals surface area contributed by atoms with Crippen molar-refractivity contribution in [2.24, 2.45) is 0 Å². The second-order valence-corrected chi connectivity index (χ2v) is 5.08. The molecule has 0 aliphatic heterocycles. The third-order valence-electron chi connectivity index (χ3n) is 2.68. The molecule has 0 bridgehead atoms. The summed E-state index contributed by atoms with van der Waals surface area (Å²) in [6, 6.07) is 10.2. The SMILES string of the molecule is Cc1nc(SCc2ccccc2)c2n[nH]c(O)c2n1. The van der Waals surface area contributed by atoms with Crippen LogP contribution < -0.4 is 0 Å². The van der Waals surface area contributed by atoms with Gasteiger partial charge in [-0.25, -0.2) is 15.1 Å². The molecule has 2 heterocycles. The van der Waals surface area contributed by atoms with E-state index in [2.05, 4.69) is 32.3 Å². The van der Waals surface area contributed by atoms with Gasteiger partial charge in [-0.3, -0.25) is 0 Å². The Hall–Kier alpha value is -2.08. The lowest BCUT2D eigenvalue weighted by Crippen LogP contribution is -1.92. The molecule has 0 radical (unpaired) electrons. The summed E-state index contributed by atoms with van der Waals surface area (Å²) in [7, 11) is 0. The lowest BCUT2D eigenvalue weighted by molar-refractivity contribution is 0.456. The Morgan fingerprint density at radius 3 is 2.74 bits per heavy atom. The van der Waals surface area contributed by atoms with Gasteiger partial charge in [-0.2, -0.15) is 5.10 Å². The predicted octanol–water partition coefficient (Wildman–Crippen LogP) is 2.66. The van der Waals surface area contributed by atoms with Gasteiger partial charge in [0.15, 0.2) is 5.52 Å². The third-order valence-corrected chi connectivity index (χ3v) is 3.72. The van der Waals surface area contributed by atoms with Crippen molar-refractivity contribution in [3.63, 3.8) is 0 Å². The van der Waals surface area contributed by atoms with Gasteiger partial charge in [0, 0.05) is 5.75 Å². The number of hydrogen-bond donors (Lipinski definition) is 2. The van der Waals surface area contributed by atoms with Crippen molar-refractivity contribution >= 4 is 22.8 Å². The molecule has 3 rings (SSSR count). The molecule has 0 spiro atoms. The first-order valence-electron chi connectivity index (χ1n) is 5.82. The van der Waals surface area contributed by atoms with Crippen LogP contribution in [0.2, 0.25) is 0 Å². The van der Waals surface area contributed by atoms with Crippen molar-refractivity contribution in [1.82, 2.24) is 20.2 Å². The summed E-state index contributed by atoms with van der Waals surface area (Å²) in [4.78, 5) is 8.57. The Labute approximate surface area is 114 Å². The summed E-state index contributed by atoms with van der Waals surface area (Å²) in [5, 5.41) is 17.0. The zero-order valence-electron chi connectivity index (χ0n) is 10.3. The first-order valence-corrected chi connectivity index (χ1v) is 6.81. The van der Waals surface area contributed by atoms with Gasteiger partial charge in [-0.1, -0.05) is 42.1 Å². The average molecular weight is 272 g/mol. The van der Waals surface area contributed by atoms with Crippen LogP contribution in [0.4, 0.5) is 0 Å². The minimum atomic E-state index is -0.0120. The Morgan fingerprint density at radius 2 is 1.95 bits per heavy atom. The van der Waals surface area contributed by atoms with Gasteiger partial charge in [0.25, 0.3) is 0 Å². The van der Waals surface area contributed by atoms with Crippen LogP contribution in [0, 0.1) is 6.92 Å². The van der Waals surface area contributed by atoms with Gasteiger partial charge in [0.2, 0.25) is 5.88 Å². The second kappa shape index (κ2) is 4.89. The topological polar surface area (TPSA) is 74.7 Å². The predicted molar refractivity (Wildman–Crippen MR) is 74.1 cm³/mol. The average Bonchev–Trinajstić information content (AvgIpc) is 2.79. The van der Waals surface area contributed by atoms with E-state index in [0.29, 0.717) is 16.9 Å². The number of aryl methyl sites for hydroxylation is 1. The molecular weight excluding hydrogens is 260 g/mol. The molecule has 3 aromatic rings. The maximum absolute atomic E-state index is 9.63. The van der Waals surface area contributed by atoms with E-state index in [0.717, 1.165) is 10.8 Å². The van der Waals surface area contributed by atoms with Crippen molar-refractivity contribution in [2.75, 3.05) is 0 Å². The molecular formula is C13H12N4OS. The maximum Gasteiger partial charge on any atom is 0.234 e. The second-order valence-electron chi connectivity index (χ2n) is 4.12. The summed E-state index contributed by atoms with van der Waals surface area (Å²) in [5.41, 5.74) is 2.31. The molecule has 96 valence electrons. The smallest absolute Gasteiger partial charge is 0.234 e. The van der Waals surface area contributed by atoms with E-state index in [1.807, 2.05) is 18.2 Å². The fraction of sp³-hybridized carbons (Fsp3) is 0.154. The zero-order chi connectivity index (χ0) is 13.2. The molecule has 0 unspecified atom stereocenters. The van der Waals surface area contributed by atoms with Crippen LogP contribution in [0.15, 0.2) is 35.4 Å². The minimum Gasteiger partial charge on any atom is -0.492 e. The highest BCUT2D eigenvalue weighted by atomic mass is 32.2. The monoisotopic (exact) mass is 272 g/mol. The van der Waals surface area contributed by atoms with E-state index in [1.54, 1.807) is 18.7 Å². The number of rotatable bonds is 3. The first kappa shape index (κ1) is 12.0. The fourth-order valence-corrected chi connectivity index (χ4v) is 2.77. The number of benzene rings is 1. The van der Waals surface area contributed by atoms with Gasteiger partial charge < -0.3 is 5.11 Å². The summed E-state index contributed by atoms with van der Waals surface area (Å²) in [5.74, 6) is 1.42. The molecule has 1 aromatic carbocycles. The fourth-order valence-electron chi connectivity index (χ4n) is 1.80. The molecule has 19 heavy (non-hydrogen) atoms. The standard InChI is InChI=1S/C13H12N4OS/c1-8-14-10-11(16-17-12(10)18)13(15-8)19-7-9-5-3-2-4-6-9/h2-6H,7H2,1H3,(H2,16,17,18). The van der Waals surface area contributed by atoms with Crippen molar-refractivity contribution in [1.29, 1.82) is 0 Å². The number of nitrogens with zero attached hydrogens (tertiary/aromatic N) is 3. The molecule has 0 atom stereocenters. The van der Waals surface area contributed by atoms with Crippen LogP contribution >= 0.6 is 11.8 Å². The summed E-state index contributed by atoms with van der Waals surface area (Å²) in [6.45, 7) is 1.80. The quantitative estimate of drug-likeness (QED) is 0.566. The summed E-state index contributed by atoms with van der Waals surface area (Å²) < 4.78 is 0. The molecule has 5 nitrogen and oxygen atoms in total. The van der Waals surface area contributed by atoms with Crippen LogP contribution in [0.3, 0.4) is 0 Å². The molecule has 2 aromatic heterocycles. The number of aromatic hydroxyl groups is 1. The molecule has 0 saturated carbocycles. The number of H-pyrrole nitrogens is 1.